The fourth-order valence-corrected chi connectivity index (χ4v) is 4.79. The lowest BCUT2D eigenvalue weighted by atomic mass is 10.1. The highest BCUT2D eigenvalue weighted by Crippen LogP contribution is 2.32. The first kappa shape index (κ1) is 27.5. The lowest BCUT2D eigenvalue weighted by molar-refractivity contribution is -0.152. The monoisotopic (exact) mass is 617 g/mol. The van der Waals surface area contributed by atoms with Crippen molar-refractivity contribution < 1.29 is 14.3 Å². The molecule has 0 aliphatic carbocycles. The fourth-order valence-electron chi connectivity index (χ4n) is 3.65. The van der Waals surface area contributed by atoms with Crippen molar-refractivity contribution in [1.82, 2.24) is 24.6 Å². The number of benzene rings is 2. The second-order valence-electron chi connectivity index (χ2n) is 8.45. The Bertz CT molecular complexity index is 1550. The largest absolute Gasteiger partial charge is 0.447 e. The Morgan fingerprint density at radius 2 is 1.95 bits per heavy atom. The molecule has 4 aromatic rings. The first-order valence-electron chi connectivity index (χ1n) is 11.2. The van der Waals surface area contributed by atoms with Crippen LogP contribution in [0.4, 0.5) is 11.5 Å². The van der Waals surface area contributed by atoms with Gasteiger partial charge in [0.1, 0.15) is 17.4 Å². The molecule has 38 heavy (non-hydrogen) atoms. The van der Waals surface area contributed by atoms with Gasteiger partial charge in [0.05, 0.1) is 22.7 Å². The number of amides is 1. The van der Waals surface area contributed by atoms with Gasteiger partial charge in [-0.25, -0.2) is 19.6 Å². The number of ether oxygens (including phenoxy) is 1. The van der Waals surface area contributed by atoms with Crippen LogP contribution < -0.4 is 5.32 Å². The number of halogens is 3. The summed E-state index contributed by atoms with van der Waals surface area (Å²) in [7, 11) is 3.71. The molecule has 1 amide bonds. The van der Waals surface area contributed by atoms with Crippen molar-refractivity contribution in [3.8, 4) is 5.69 Å². The summed E-state index contributed by atoms with van der Waals surface area (Å²) in [5.41, 5.74) is 3.23. The van der Waals surface area contributed by atoms with Gasteiger partial charge in [0.15, 0.2) is 5.82 Å². The number of anilines is 1. The molecular weight excluding hydrogens is 597 g/mol. The molecule has 2 aromatic carbocycles. The number of aliphatic imine (C=N–C) groups is 1. The summed E-state index contributed by atoms with van der Waals surface area (Å²) in [4.78, 5) is 39.7. The van der Waals surface area contributed by atoms with Crippen molar-refractivity contribution in [2.75, 3.05) is 19.4 Å². The number of fused-ring (bicyclic) bond motifs is 1. The average Bonchev–Trinajstić information content (AvgIpc) is 3.17. The summed E-state index contributed by atoms with van der Waals surface area (Å²) >= 11 is 16.1. The van der Waals surface area contributed by atoms with Gasteiger partial charge in [0.2, 0.25) is 6.10 Å². The van der Waals surface area contributed by atoms with Crippen LogP contribution in [-0.2, 0) is 14.3 Å². The topological polar surface area (TPSA) is 115 Å². The van der Waals surface area contributed by atoms with Gasteiger partial charge in [-0.2, -0.15) is 5.10 Å². The Labute approximate surface area is 236 Å². The van der Waals surface area contributed by atoms with Gasteiger partial charge in [-0.15, -0.1) is 0 Å². The molecule has 2 heterocycles. The maximum absolute atomic E-state index is 13.1. The predicted molar refractivity (Wildman–Crippen MR) is 151 cm³/mol. The quantitative estimate of drug-likeness (QED) is 0.161. The third-order valence-corrected chi connectivity index (χ3v) is 6.15. The summed E-state index contributed by atoms with van der Waals surface area (Å²) in [6.45, 7) is 3.06. The van der Waals surface area contributed by atoms with Crippen LogP contribution in [0.3, 0.4) is 0 Å². The molecule has 4 rings (SSSR count). The molecule has 0 saturated heterocycles. The van der Waals surface area contributed by atoms with Crippen LogP contribution >= 0.6 is 39.1 Å². The van der Waals surface area contributed by atoms with E-state index in [-0.39, 0.29) is 0 Å². The van der Waals surface area contributed by atoms with Crippen molar-refractivity contribution in [3.05, 3.63) is 68.5 Å². The predicted octanol–water partition coefficient (Wildman–Crippen LogP) is 5.66. The Morgan fingerprint density at radius 3 is 2.61 bits per heavy atom. The van der Waals surface area contributed by atoms with Gasteiger partial charge in [-0.1, -0.05) is 39.1 Å². The maximum atomic E-state index is 13.1. The van der Waals surface area contributed by atoms with Crippen molar-refractivity contribution in [2.24, 2.45) is 4.99 Å². The molecule has 1 unspecified atom stereocenters. The Kier molecular flexibility index (Phi) is 8.29. The van der Waals surface area contributed by atoms with E-state index in [0.717, 1.165) is 0 Å². The van der Waals surface area contributed by atoms with Crippen molar-refractivity contribution >= 4 is 79.9 Å². The summed E-state index contributed by atoms with van der Waals surface area (Å²) in [5.74, 6) is -0.771. The number of nitrogens with zero attached hydrogens (tertiary/aromatic N) is 6. The van der Waals surface area contributed by atoms with Crippen LogP contribution in [0.2, 0.25) is 10.0 Å². The van der Waals surface area contributed by atoms with Crippen molar-refractivity contribution in [2.45, 2.75) is 20.0 Å². The molecule has 0 spiro atoms. The second-order valence-corrected chi connectivity index (χ2v) is 10.2. The number of nitrogens with one attached hydrogen (secondary N) is 1. The number of aryl methyl sites for hydroxylation is 1. The highest BCUT2D eigenvalue weighted by molar-refractivity contribution is 9.10. The second kappa shape index (κ2) is 11.5. The van der Waals surface area contributed by atoms with E-state index in [9.17, 15) is 9.59 Å². The molecule has 0 fully saturated rings. The van der Waals surface area contributed by atoms with Gasteiger partial charge < -0.3 is 15.0 Å². The lowest BCUT2D eigenvalue weighted by Crippen LogP contribution is -2.25. The molecule has 2 aromatic heterocycles. The van der Waals surface area contributed by atoms with Gasteiger partial charge in [0.25, 0.3) is 5.91 Å². The van der Waals surface area contributed by atoms with Gasteiger partial charge >= 0.3 is 5.97 Å². The molecular formula is C25H22BrCl2N7O3. The van der Waals surface area contributed by atoms with Crippen LogP contribution in [0, 0.1) is 6.92 Å². The first-order valence-corrected chi connectivity index (χ1v) is 12.7. The summed E-state index contributed by atoms with van der Waals surface area (Å²) in [6, 6.07) is 9.80. The minimum absolute atomic E-state index is 0.299. The third kappa shape index (κ3) is 6.12. The van der Waals surface area contributed by atoms with E-state index in [1.165, 1.54) is 13.3 Å². The zero-order valence-corrected chi connectivity index (χ0v) is 23.8. The molecule has 13 heteroatoms. The van der Waals surface area contributed by atoms with E-state index >= 15 is 0 Å². The minimum Gasteiger partial charge on any atom is -0.447 e. The molecule has 1 N–H and O–H groups in total. The number of aromatic nitrogens is 4. The van der Waals surface area contributed by atoms with Crippen LogP contribution in [0.5, 0.6) is 0 Å². The molecule has 0 bridgehead atoms. The number of esters is 1. The molecule has 0 saturated carbocycles. The zero-order valence-electron chi connectivity index (χ0n) is 20.7. The number of hydrogen-bond donors (Lipinski definition) is 1. The number of carbonyl (C=O) groups excluding carboxylic acids is 2. The highest BCUT2D eigenvalue weighted by atomic mass is 79.9. The first-order chi connectivity index (χ1) is 18.0. The summed E-state index contributed by atoms with van der Waals surface area (Å²) in [6.07, 6.45) is 1.84. The van der Waals surface area contributed by atoms with Crippen LogP contribution in [0.25, 0.3) is 16.7 Å². The van der Waals surface area contributed by atoms with Gasteiger partial charge in [-0.3, -0.25) is 9.59 Å². The standard InChI is InChI=1S/C25H22BrCl2N7O3/c1-13-21-22(24(30-11-29-21)31-12-34(3)4)35(33-13)20-6-5-18(10-19(20)28)32-25(37)23(38-14(2)36)15-7-16(26)9-17(27)8-15/h5-12,23H,1-4H3,(H,32,37). The molecule has 0 aliphatic rings. The van der Waals surface area contributed by atoms with Crippen LogP contribution in [0.1, 0.15) is 24.3 Å². The zero-order chi connectivity index (χ0) is 27.6. The summed E-state index contributed by atoms with van der Waals surface area (Å²) < 4.78 is 7.55. The molecule has 1 atom stereocenters. The van der Waals surface area contributed by atoms with E-state index < -0.39 is 18.0 Å². The lowest BCUT2D eigenvalue weighted by Gasteiger charge is -2.18. The van der Waals surface area contributed by atoms with Gasteiger partial charge in [-0.05, 0) is 43.3 Å². The number of rotatable bonds is 7. The highest BCUT2D eigenvalue weighted by Gasteiger charge is 2.25. The van der Waals surface area contributed by atoms with E-state index in [1.54, 1.807) is 52.3 Å². The molecule has 10 nitrogen and oxygen atoms in total. The summed E-state index contributed by atoms with van der Waals surface area (Å²) in [5, 5.41) is 8.03. The number of hydrogen-bond acceptors (Lipinski definition) is 7. The minimum atomic E-state index is -1.23. The SMILES string of the molecule is CC(=O)OC(C(=O)Nc1ccc(-n2nc(C)c3ncnc(N=CN(C)C)c32)c(Cl)c1)c1cc(Cl)cc(Br)c1. The molecule has 196 valence electrons. The average molecular weight is 619 g/mol. The third-order valence-electron chi connectivity index (χ3n) is 5.17. The smallest absolute Gasteiger partial charge is 0.303 e. The van der Waals surface area contributed by atoms with Gasteiger partial charge in [0, 0.05) is 41.8 Å². The van der Waals surface area contributed by atoms with E-state index in [4.69, 9.17) is 27.9 Å². The normalized spacial score (nSPS) is 12.1. The van der Waals surface area contributed by atoms with Crippen LogP contribution in [-0.4, -0.2) is 57.0 Å². The fraction of sp³-hybridized carbons (Fsp3) is 0.200. The Balaban J connectivity index is 1.68. The maximum Gasteiger partial charge on any atom is 0.303 e. The Morgan fingerprint density at radius 1 is 1.18 bits per heavy atom. The van der Waals surface area contributed by atoms with E-state index in [0.29, 0.717) is 54.0 Å². The van der Waals surface area contributed by atoms with E-state index in [2.05, 4.69) is 41.3 Å². The molecule has 0 aliphatic heterocycles. The van der Waals surface area contributed by atoms with Crippen molar-refractivity contribution in [3.63, 3.8) is 0 Å². The van der Waals surface area contributed by atoms with E-state index in [1.807, 2.05) is 21.0 Å². The Hall–Kier alpha value is -3.54. The molecule has 0 radical (unpaired) electrons. The van der Waals surface area contributed by atoms with Crippen LogP contribution in [0.15, 0.2) is 52.2 Å². The van der Waals surface area contributed by atoms with Crippen molar-refractivity contribution in [1.29, 1.82) is 0 Å². The number of carbonyl (C=O) groups is 2.